The van der Waals surface area contributed by atoms with E-state index in [1.165, 1.54) is 16.0 Å². The third-order valence-electron chi connectivity index (χ3n) is 4.95. The Labute approximate surface area is 165 Å². The van der Waals surface area contributed by atoms with Crippen molar-refractivity contribution in [3.05, 3.63) is 75.7 Å². The van der Waals surface area contributed by atoms with E-state index in [1.807, 2.05) is 49.2 Å². The molecule has 27 heavy (non-hydrogen) atoms. The fourth-order valence-corrected chi connectivity index (χ4v) is 4.24. The molecule has 2 aromatic carbocycles. The summed E-state index contributed by atoms with van der Waals surface area (Å²) in [5, 5.41) is 1.13. The molecule has 4 heteroatoms. The largest absolute Gasteiger partial charge is 0.338 e. The minimum absolute atomic E-state index is 0.0406. The normalized spacial score (nSPS) is 12.0. The molecule has 3 nitrogen and oxygen atoms in total. The molecule has 3 rings (SSSR count). The summed E-state index contributed by atoms with van der Waals surface area (Å²) in [5.74, 6) is 0.126. The number of thiazole rings is 1. The predicted octanol–water partition coefficient (Wildman–Crippen LogP) is 5.44. The molecule has 1 amide bonds. The summed E-state index contributed by atoms with van der Waals surface area (Å²) >= 11 is 1.71. The zero-order valence-electron chi connectivity index (χ0n) is 16.4. The maximum atomic E-state index is 12.8. The highest BCUT2D eigenvalue weighted by Crippen LogP contribution is 2.29. The number of carbonyl (C=O) groups is 1. The van der Waals surface area contributed by atoms with Crippen LogP contribution in [-0.4, -0.2) is 22.8 Å². The molecular formula is C23H26N2OS. The molecule has 1 heterocycles. The monoisotopic (exact) mass is 378 g/mol. The van der Waals surface area contributed by atoms with E-state index < -0.39 is 0 Å². The second kappa shape index (κ2) is 8.49. The third-order valence-corrected chi connectivity index (χ3v) is 6.42. The fourth-order valence-electron chi connectivity index (χ4n) is 3.14. The first kappa shape index (κ1) is 19.3. The van der Waals surface area contributed by atoms with Gasteiger partial charge < -0.3 is 4.90 Å². The summed E-state index contributed by atoms with van der Waals surface area (Å²) in [6.07, 6.45) is 1.35. The third kappa shape index (κ3) is 4.45. The van der Waals surface area contributed by atoms with Crippen LogP contribution in [0.2, 0.25) is 0 Å². The number of hydrogen-bond acceptors (Lipinski definition) is 3. The van der Waals surface area contributed by atoms with Crippen molar-refractivity contribution in [3.8, 4) is 11.1 Å². The molecule has 0 unspecified atom stereocenters. The van der Waals surface area contributed by atoms with E-state index in [1.54, 1.807) is 11.3 Å². The van der Waals surface area contributed by atoms with E-state index in [9.17, 15) is 4.79 Å². The number of nitrogens with zero attached hydrogens (tertiary/aromatic N) is 2. The molecule has 0 saturated carbocycles. The van der Waals surface area contributed by atoms with Crippen molar-refractivity contribution >= 4 is 17.2 Å². The molecule has 0 saturated heterocycles. The second-order valence-electron chi connectivity index (χ2n) is 6.83. The van der Waals surface area contributed by atoms with Gasteiger partial charge in [-0.3, -0.25) is 4.79 Å². The summed E-state index contributed by atoms with van der Waals surface area (Å²) in [6.45, 7) is 6.22. The molecule has 0 fully saturated rings. The van der Waals surface area contributed by atoms with Gasteiger partial charge in [0.2, 0.25) is 5.91 Å². The van der Waals surface area contributed by atoms with Crippen LogP contribution in [0.4, 0.5) is 0 Å². The van der Waals surface area contributed by atoms with Gasteiger partial charge in [-0.25, -0.2) is 4.98 Å². The molecule has 1 aromatic heterocycles. The van der Waals surface area contributed by atoms with Gasteiger partial charge in [-0.2, -0.15) is 0 Å². The van der Waals surface area contributed by atoms with Crippen LogP contribution in [0, 0.1) is 6.92 Å². The highest BCUT2D eigenvalue weighted by atomic mass is 32.1. The Morgan fingerprint density at radius 1 is 1.07 bits per heavy atom. The lowest BCUT2D eigenvalue weighted by atomic mass is 10.0. The van der Waals surface area contributed by atoms with Crippen LogP contribution in [0.3, 0.4) is 0 Å². The summed E-state index contributed by atoms with van der Waals surface area (Å²) in [7, 11) is 1.89. The lowest BCUT2D eigenvalue weighted by Gasteiger charge is -2.24. The minimum Gasteiger partial charge on any atom is -0.338 e. The summed E-state index contributed by atoms with van der Waals surface area (Å²) < 4.78 is 0. The predicted molar refractivity (Wildman–Crippen MR) is 113 cm³/mol. The average Bonchev–Trinajstić information content (AvgIpc) is 3.09. The van der Waals surface area contributed by atoms with E-state index in [2.05, 4.69) is 43.1 Å². The molecule has 0 spiro atoms. The SMILES string of the molecule is CCc1nc(C)c([C@@H](C)N(C)C(=O)Cc2ccc(-c3ccccc3)cc2)s1. The van der Waals surface area contributed by atoms with E-state index in [-0.39, 0.29) is 11.9 Å². The van der Waals surface area contributed by atoms with Gasteiger partial charge >= 0.3 is 0 Å². The Balaban J connectivity index is 1.68. The van der Waals surface area contributed by atoms with E-state index >= 15 is 0 Å². The molecule has 3 aromatic rings. The van der Waals surface area contributed by atoms with Crippen LogP contribution in [-0.2, 0) is 17.6 Å². The van der Waals surface area contributed by atoms with Crippen LogP contribution in [0.1, 0.15) is 41.0 Å². The van der Waals surface area contributed by atoms with Gasteiger partial charge in [-0.15, -0.1) is 11.3 Å². The highest BCUT2D eigenvalue weighted by Gasteiger charge is 2.21. The van der Waals surface area contributed by atoms with E-state index in [0.29, 0.717) is 6.42 Å². The highest BCUT2D eigenvalue weighted by molar-refractivity contribution is 7.11. The van der Waals surface area contributed by atoms with Crippen molar-refractivity contribution in [1.82, 2.24) is 9.88 Å². The lowest BCUT2D eigenvalue weighted by molar-refractivity contribution is -0.131. The maximum Gasteiger partial charge on any atom is 0.227 e. The standard InChI is InChI=1S/C23H26N2OS/c1-5-21-24-16(2)23(27-21)17(3)25(4)22(26)15-18-11-13-20(14-12-18)19-9-7-6-8-10-19/h6-14,17H,5,15H2,1-4H3/t17-/m1/s1. The lowest BCUT2D eigenvalue weighted by Crippen LogP contribution is -2.30. The first-order valence-electron chi connectivity index (χ1n) is 9.35. The Bertz CT molecular complexity index is 900. The van der Waals surface area contributed by atoms with E-state index in [4.69, 9.17) is 0 Å². The number of aromatic nitrogens is 1. The number of hydrogen-bond donors (Lipinski definition) is 0. The summed E-state index contributed by atoms with van der Waals surface area (Å²) in [5.41, 5.74) is 4.43. The van der Waals surface area contributed by atoms with Crippen LogP contribution in [0.25, 0.3) is 11.1 Å². The molecule has 1 atom stereocenters. The quantitative estimate of drug-likeness (QED) is 0.572. The second-order valence-corrected chi connectivity index (χ2v) is 7.95. The number of rotatable bonds is 6. The summed E-state index contributed by atoms with van der Waals surface area (Å²) in [4.78, 5) is 20.4. The Morgan fingerprint density at radius 2 is 1.70 bits per heavy atom. The van der Waals surface area contributed by atoms with E-state index in [0.717, 1.165) is 22.7 Å². The van der Waals surface area contributed by atoms with Gasteiger partial charge in [0, 0.05) is 11.9 Å². The van der Waals surface area contributed by atoms with Crippen molar-refractivity contribution < 1.29 is 4.79 Å². The van der Waals surface area contributed by atoms with Crippen LogP contribution in [0.5, 0.6) is 0 Å². The first-order chi connectivity index (χ1) is 13.0. The first-order valence-corrected chi connectivity index (χ1v) is 10.2. The number of aryl methyl sites for hydroxylation is 2. The van der Waals surface area contributed by atoms with Crippen LogP contribution in [0.15, 0.2) is 54.6 Å². The van der Waals surface area contributed by atoms with Gasteiger partial charge in [0.1, 0.15) is 0 Å². The zero-order chi connectivity index (χ0) is 19.4. The molecule has 0 N–H and O–H groups in total. The van der Waals surface area contributed by atoms with Gasteiger partial charge in [0.05, 0.1) is 23.2 Å². The molecular weight excluding hydrogens is 352 g/mol. The zero-order valence-corrected chi connectivity index (χ0v) is 17.2. The van der Waals surface area contributed by atoms with Gasteiger partial charge in [0.15, 0.2) is 0 Å². The topological polar surface area (TPSA) is 33.2 Å². The van der Waals surface area contributed by atoms with Crippen molar-refractivity contribution in [2.24, 2.45) is 0 Å². The van der Waals surface area contributed by atoms with Gasteiger partial charge in [-0.05, 0) is 37.0 Å². The minimum atomic E-state index is 0.0406. The molecule has 140 valence electrons. The Morgan fingerprint density at radius 3 is 2.30 bits per heavy atom. The van der Waals surface area contributed by atoms with Crippen molar-refractivity contribution in [2.75, 3.05) is 7.05 Å². The van der Waals surface area contributed by atoms with Gasteiger partial charge in [-0.1, -0.05) is 61.5 Å². The Hall–Kier alpha value is -2.46. The molecule has 0 aliphatic heterocycles. The van der Waals surface area contributed by atoms with Crippen LogP contribution < -0.4 is 0 Å². The average molecular weight is 379 g/mol. The maximum absolute atomic E-state index is 12.8. The number of benzene rings is 2. The number of amides is 1. The summed E-state index contributed by atoms with van der Waals surface area (Å²) in [6, 6.07) is 18.6. The fraction of sp³-hybridized carbons (Fsp3) is 0.304. The van der Waals surface area contributed by atoms with Crippen molar-refractivity contribution in [1.29, 1.82) is 0 Å². The number of likely N-dealkylation sites (N-methyl/N-ethyl adjacent to an activating group) is 1. The van der Waals surface area contributed by atoms with Crippen molar-refractivity contribution in [3.63, 3.8) is 0 Å². The molecule has 0 radical (unpaired) electrons. The van der Waals surface area contributed by atoms with Crippen molar-refractivity contribution in [2.45, 2.75) is 39.7 Å². The number of carbonyl (C=O) groups excluding carboxylic acids is 1. The smallest absolute Gasteiger partial charge is 0.227 e. The molecule has 0 bridgehead atoms. The van der Waals surface area contributed by atoms with Crippen LogP contribution >= 0.6 is 11.3 Å². The molecule has 0 aliphatic rings. The van der Waals surface area contributed by atoms with Gasteiger partial charge in [0.25, 0.3) is 0 Å². The Kier molecular flexibility index (Phi) is 6.07. The molecule has 0 aliphatic carbocycles.